The molecule has 18 heavy (non-hydrogen) atoms. The number of hydrogen-bond donors (Lipinski definition) is 0. The van der Waals surface area contributed by atoms with E-state index in [-0.39, 0.29) is 0 Å². The van der Waals surface area contributed by atoms with Crippen molar-refractivity contribution in [2.24, 2.45) is 11.8 Å². The van der Waals surface area contributed by atoms with Crippen LogP contribution in [0.25, 0.3) is 0 Å². The Morgan fingerprint density at radius 3 is 2.83 bits per heavy atom. The van der Waals surface area contributed by atoms with Gasteiger partial charge in [0.25, 0.3) is 0 Å². The smallest absolute Gasteiger partial charge is 0.119 e. The molecule has 3 saturated heterocycles. The van der Waals surface area contributed by atoms with Gasteiger partial charge in [0, 0.05) is 12.6 Å². The van der Waals surface area contributed by atoms with Gasteiger partial charge in [-0.15, -0.1) is 6.58 Å². The van der Waals surface area contributed by atoms with Crippen molar-refractivity contribution in [3.8, 4) is 5.75 Å². The molecule has 3 aliphatic rings. The van der Waals surface area contributed by atoms with E-state index < -0.39 is 0 Å². The third-order valence-corrected chi connectivity index (χ3v) is 4.42. The van der Waals surface area contributed by atoms with Crippen molar-refractivity contribution in [2.45, 2.75) is 18.9 Å². The predicted octanol–water partition coefficient (Wildman–Crippen LogP) is 2.96. The van der Waals surface area contributed by atoms with E-state index in [1.807, 2.05) is 30.3 Å². The summed E-state index contributed by atoms with van der Waals surface area (Å²) in [6.45, 7) is 7.20. The Morgan fingerprint density at radius 2 is 2.17 bits per heavy atom. The first-order valence-corrected chi connectivity index (χ1v) is 6.91. The third kappa shape index (κ3) is 2.30. The monoisotopic (exact) mass is 243 g/mol. The summed E-state index contributed by atoms with van der Waals surface area (Å²) in [7, 11) is 0. The molecule has 1 aromatic carbocycles. The van der Waals surface area contributed by atoms with Gasteiger partial charge in [0.2, 0.25) is 0 Å². The average Bonchev–Trinajstić information content (AvgIpc) is 2.46. The Kier molecular flexibility index (Phi) is 3.37. The summed E-state index contributed by atoms with van der Waals surface area (Å²) in [5, 5.41) is 0. The second-order valence-electron chi connectivity index (χ2n) is 5.46. The number of benzene rings is 1. The molecule has 4 rings (SSSR count). The zero-order valence-corrected chi connectivity index (χ0v) is 10.8. The number of piperidine rings is 3. The normalized spacial score (nSPS) is 34.2. The molecule has 2 nitrogen and oxygen atoms in total. The molecule has 0 amide bonds. The lowest BCUT2D eigenvalue weighted by atomic mass is 9.76. The van der Waals surface area contributed by atoms with Crippen molar-refractivity contribution in [2.75, 3.05) is 19.7 Å². The molecule has 0 aliphatic carbocycles. The van der Waals surface area contributed by atoms with E-state index >= 15 is 0 Å². The molecule has 2 bridgehead atoms. The molecule has 2 heteroatoms. The molecular formula is C16H21NO. The van der Waals surface area contributed by atoms with Crippen molar-refractivity contribution >= 4 is 0 Å². The van der Waals surface area contributed by atoms with E-state index in [4.69, 9.17) is 4.74 Å². The molecule has 96 valence electrons. The van der Waals surface area contributed by atoms with Gasteiger partial charge >= 0.3 is 0 Å². The molecule has 0 spiro atoms. The molecule has 0 saturated carbocycles. The Balaban J connectivity index is 1.57. The number of rotatable bonds is 4. The van der Waals surface area contributed by atoms with Crippen LogP contribution in [0.3, 0.4) is 0 Å². The first-order valence-electron chi connectivity index (χ1n) is 6.91. The summed E-state index contributed by atoms with van der Waals surface area (Å²) in [5.41, 5.74) is 0. The molecular weight excluding hydrogens is 222 g/mol. The van der Waals surface area contributed by atoms with E-state index in [0.717, 1.165) is 18.3 Å². The lowest BCUT2D eigenvalue weighted by Crippen LogP contribution is -2.54. The largest absolute Gasteiger partial charge is 0.492 e. The number of ether oxygens (including phenoxy) is 1. The summed E-state index contributed by atoms with van der Waals surface area (Å²) < 4.78 is 5.90. The molecule has 3 aliphatic heterocycles. The molecule has 3 heterocycles. The molecule has 1 aromatic rings. The van der Waals surface area contributed by atoms with Crippen LogP contribution < -0.4 is 4.74 Å². The standard InChI is InChI=1S/C16H21NO/c1-2-13-11-17-9-8-14(13)10-15(17)12-18-16-6-4-3-5-7-16/h2-7,13-15H,1,8-12H2/t13-,14-,15+/m0/s1. The highest BCUT2D eigenvalue weighted by molar-refractivity contribution is 5.21. The fourth-order valence-corrected chi connectivity index (χ4v) is 3.33. The summed E-state index contributed by atoms with van der Waals surface area (Å²) >= 11 is 0. The predicted molar refractivity (Wildman–Crippen MR) is 73.7 cm³/mol. The Labute approximate surface area is 109 Å². The lowest BCUT2D eigenvalue weighted by Gasteiger charge is -2.48. The zero-order chi connectivity index (χ0) is 12.4. The lowest BCUT2D eigenvalue weighted by molar-refractivity contribution is -0.00146. The quantitative estimate of drug-likeness (QED) is 0.754. The Hall–Kier alpha value is -1.28. The second-order valence-corrected chi connectivity index (χ2v) is 5.46. The van der Waals surface area contributed by atoms with E-state index in [9.17, 15) is 0 Å². The summed E-state index contributed by atoms with van der Waals surface area (Å²) in [4.78, 5) is 2.58. The fourth-order valence-electron chi connectivity index (χ4n) is 3.33. The number of fused-ring (bicyclic) bond motifs is 3. The van der Waals surface area contributed by atoms with Gasteiger partial charge in [0.15, 0.2) is 0 Å². The van der Waals surface area contributed by atoms with Crippen LogP contribution in [0.1, 0.15) is 12.8 Å². The first kappa shape index (κ1) is 11.8. The van der Waals surface area contributed by atoms with Crippen molar-refractivity contribution in [1.82, 2.24) is 4.90 Å². The van der Waals surface area contributed by atoms with Crippen LogP contribution in [0.4, 0.5) is 0 Å². The van der Waals surface area contributed by atoms with Crippen LogP contribution in [-0.4, -0.2) is 30.6 Å². The van der Waals surface area contributed by atoms with Crippen molar-refractivity contribution < 1.29 is 4.74 Å². The highest BCUT2D eigenvalue weighted by Crippen LogP contribution is 2.36. The summed E-state index contributed by atoms with van der Waals surface area (Å²) in [6, 6.07) is 10.7. The molecule has 0 N–H and O–H groups in total. The van der Waals surface area contributed by atoms with Gasteiger partial charge in [-0.3, -0.25) is 4.90 Å². The van der Waals surface area contributed by atoms with Gasteiger partial charge in [-0.1, -0.05) is 24.3 Å². The Bertz CT molecular complexity index is 403. The van der Waals surface area contributed by atoms with E-state index in [1.54, 1.807) is 0 Å². The van der Waals surface area contributed by atoms with Gasteiger partial charge in [0.1, 0.15) is 12.4 Å². The van der Waals surface area contributed by atoms with E-state index in [0.29, 0.717) is 12.0 Å². The minimum absolute atomic E-state index is 0.597. The van der Waals surface area contributed by atoms with Crippen LogP contribution in [0.15, 0.2) is 43.0 Å². The van der Waals surface area contributed by atoms with Crippen LogP contribution in [0.5, 0.6) is 5.75 Å². The second kappa shape index (κ2) is 5.15. The van der Waals surface area contributed by atoms with Crippen LogP contribution in [0, 0.1) is 11.8 Å². The summed E-state index contributed by atoms with van der Waals surface area (Å²) in [6.07, 6.45) is 4.74. The molecule has 1 unspecified atom stereocenters. The van der Waals surface area contributed by atoms with E-state index in [1.165, 1.54) is 25.9 Å². The van der Waals surface area contributed by atoms with E-state index in [2.05, 4.69) is 17.6 Å². The molecule has 0 radical (unpaired) electrons. The van der Waals surface area contributed by atoms with Gasteiger partial charge < -0.3 is 4.74 Å². The van der Waals surface area contributed by atoms with Gasteiger partial charge in [0.05, 0.1) is 0 Å². The van der Waals surface area contributed by atoms with Crippen LogP contribution >= 0.6 is 0 Å². The first-order chi connectivity index (χ1) is 8.86. The Morgan fingerprint density at radius 1 is 1.33 bits per heavy atom. The van der Waals surface area contributed by atoms with Crippen molar-refractivity contribution in [3.63, 3.8) is 0 Å². The highest BCUT2D eigenvalue weighted by atomic mass is 16.5. The van der Waals surface area contributed by atoms with Crippen LogP contribution in [0.2, 0.25) is 0 Å². The molecule has 4 atom stereocenters. The third-order valence-electron chi connectivity index (χ3n) is 4.42. The number of nitrogens with zero attached hydrogens (tertiary/aromatic N) is 1. The minimum atomic E-state index is 0.597. The maximum absolute atomic E-state index is 5.90. The zero-order valence-electron chi connectivity index (χ0n) is 10.8. The van der Waals surface area contributed by atoms with Gasteiger partial charge in [-0.2, -0.15) is 0 Å². The highest BCUT2D eigenvalue weighted by Gasteiger charge is 2.38. The van der Waals surface area contributed by atoms with Crippen molar-refractivity contribution in [3.05, 3.63) is 43.0 Å². The maximum atomic E-state index is 5.90. The SMILES string of the molecule is C=C[C@H]1CN2CC[C@H]1C[C@@H]2COc1ccccc1. The maximum Gasteiger partial charge on any atom is 0.119 e. The summed E-state index contributed by atoms with van der Waals surface area (Å²) in [5.74, 6) is 2.52. The van der Waals surface area contributed by atoms with Crippen molar-refractivity contribution in [1.29, 1.82) is 0 Å². The number of para-hydroxylation sites is 1. The number of hydrogen-bond acceptors (Lipinski definition) is 2. The van der Waals surface area contributed by atoms with Gasteiger partial charge in [-0.25, -0.2) is 0 Å². The van der Waals surface area contributed by atoms with Gasteiger partial charge in [-0.05, 0) is 43.4 Å². The average molecular weight is 243 g/mol. The van der Waals surface area contributed by atoms with Crippen LogP contribution in [-0.2, 0) is 0 Å². The minimum Gasteiger partial charge on any atom is -0.492 e. The molecule has 0 aromatic heterocycles. The topological polar surface area (TPSA) is 12.5 Å². The fraction of sp³-hybridized carbons (Fsp3) is 0.500. The molecule has 3 fully saturated rings.